The Morgan fingerprint density at radius 3 is 2.71 bits per heavy atom. The number of hydrazine groups is 1. The number of thioether (sulfide) groups is 1. The SMILES string of the molecule is CCCCCSc1nnc2c(n1)OC(C1CNNC1c1ccccc1)N(C(C)=O)c1ccccc1-2. The number of unbranched alkanes of at least 4 members (excludes halogenated alkanes) is 2. The summed E-state index contributed by atoms with van der Waals surface area (Å²) in [5, 5.41) is 9.50. The third kappa shape index (κ3) is 4.89. The zero-order chi connectivity index (χ0) is 24.2. The predicted molar refractivity (Wildman–Crippen MR) is 137 cm³/mol. The molecule has 2 N–H and O–H groups in total. The Balaban J connectivity index is 1.56. The van der Waals surface area contributed by atoms with Crippen molar-refractivity contribution in [3.05, 3.63) is 60.2 Å². The third-order valence-corrected chi connectivity index (χ3v) is 7.33. The van der Waals surface area contributed by atoms with E-state index in [0.29, 0.717) is 23.3 Å². The molecule has 2 aliphatic heterocycles. The minimum Gasteiger partial charge on any atom is -0.451 e. The van der Waals surface area contributed by atoms with Gasteiger partial charge in [-0.1, -0.05) is 80.1 Å². The van der Waals surface area contributed by atoms with E-state index in [9.17, 15) is 4.79 Å². The first-order valence-corrected chi connectivity index (χ1v) is 13.1. The zero-order valence-corrected chi connectivity index (χ0v) is 20.8. The molecule has 5 rings (SSSR count). The van der Waals surface area contributed by atoms with Gasteiger partial charge in [0.25, 0.3) is 0 Å². The first-order valence-electron chi connectivity index (χ1n) is 12.1. The Morgan fingerprint density at radius 1 is 1.11 bits per heavy atom. The maximum absolute atomic E-state index is 13.1. The Morgan fingerprint density at radius 2 is 1.91 bits per heavy atom. The lowest BCUT2D eigenvalue weighted by Gasteiger charge is -2.35. The molecule has 0 aliphatic carbocycles. The molecule has 8 nitrogen and oxygen atoms in total. The number of nitrogens with zero attached hydrogens (tertiary/aromatic N) is 4. The van der Waals surface area contributed by atoms with E-state index in [-0.39, 0.29) is 17.9 Å². The van der Waals surface area contributed by atoms with Crippen LogP contribution in [-0.2, 0) is 4.79 Å². The first kappa shape index (κ1) is 23.7. The average Bonchev–Trinajstić information content (AvgIpc) is 3.32. The second-order valence-electron chi connectivity index (χ2n) is 8.80. The van der Waals surface area contributed by atoms with E-state index in [1.807, 2.05) is 42.5 Å². The van der Waals surface area contributed by atoms with Crippen LogP contribution in [0.1, 0.15) is 44.7 Å². The van der Waals surface area contributed by atoms with Crippen molar-refractivity contribution in [3.8, 4) is 17.1 Å². The maximum Gasteiger partial charge on any atom is 0.247 e. The van der Waals surface area contributed by atoms with E-state index >= 15 is 0 Å². The van der Waals surface area contributed by atoms with Crippen molar-refractivity contribution in [3.63, 3.8) is 0 Å². The van der Waals surface area contributed by atoms with Crippen LogP contribution in [0.3, 0.4) is 0 Å². The number of hydrogen-bond acceptors (Lipinski definition) is 8. The molecule has 0 bridgehead atoms. The second-order valence-corrected chi connectivity index (χ2v) is 9.86. The summed E-state index contributed by atoms with van der Waals surface area (Å²) in [5.41, 5.74) is 9.88. The lowest BCUT2D eigenvalue weighted by molar-refractivity contribution is -0.118. The van der Waals surface area contributed by atoms with Gasteiger partial charge >= 0.3 is 0 Å². The molecule has 3 unspecified atom stereocenters. The van der Waals surface area contributed by atoms with Crippen molar-refractivity contribution >= 4 is 23.4 Å². The van der Waals surface area contributed by atoms with Gasteiger partial charge in [-0.05, 0) is 18.1 Å². The minimum atomic E-state index is -0.586. The smallest absolute Gasteiger partial charge is 0.247 e. The van der Waals surface area contributed by atoms with Crippen LogP contribution in [0.5, 0.6) is 5.88 Å². The van der Waals surface area contributed by atoms with Gasteiger partial charge in [0.05, 0.1) is 17.6 Å². The quantitative estimate of drug-likeness (QED) is 0.373. The molecule has 1 saturated heterocycles. The highest BCUT2D eigenvalue weighted by molar-refractivity contribution is 7.99. The fourth-order valence-corrected chi connectivity index (χ4v) is 5.49. The van der Waals surface area contributed by atoms with Crippen molar-refractivity contribution in [1.29, 1.82) is 0 Å². The monoisotopic (exact) mass is 490 g/mol. The molecule has 2 aromatic carbocycles. The molecule has 1 fully saturated rings. The van der Waals surface area contributed by atoms with E-state index in [2.05, 4.69) is 40.1 Å². The lowest BCUT2D eigenvalue weighted by atomic mass is 9.92. The maximum atomic E-state index is 13.1. The number of aromatic nitrogens is 3. The number of nitrogens with one attached hydrogen (secondary N) is 2. The first-order chi connectivity index (χ1) is 17.2. The van der Waals surface area contributed by atoms with Gasteiger partial charge in [-0.15, -0.1) is 10.2 Å². The summed E-state index contributed by atoms with van der Waals surface area (Å²) in [5.74, 6) is 1.17. The lowest BCUT2D eigenvalue weighted by Crippen LogP contribution is -2.49. The highest BCUT2D eigenvalue weighted by Gasteiger charge is 2.44. The van der Waals surface area contributed by atoms with Crippen molar-refractivity contribution < 1.29 is 9.53 Å². The van der Waals surface area contributed by atoms with E-state index in [4.69, 9.17) is 9.72 Å². The molecule has 2 aliphatic rings. The van der Waals surface area contributed by atoms with Gasteiger partial charge in [-0.2, -0.15) is 4.98 Å². The van der Waals surface area contributed by atoms with E-state index in [1.165, 1.54) is 12.8 Å². The predicted octanol–water partition coefficient (Wildman–Crippen LogP) is 4.36. The standard InChI is InChI=1S/C26H30N6O2S/c1-3-4-10-15-35-26-28-24-23(30-31-26)19-13-8-9-14-21(19)32(17(2)33)25(34-24)20-16-27-29-22(20)18-11-6-5-7-12-18/h5-9,11-14,20,22,25,27,29H,3-4,10,15-16H2,1-2H3. The second kappa shape index (κ2) is 10.7. The van der Waals surface area contributed by atoms with Crippen LogP contribution in [0.2, 0.25) is 0 Å². The number of anilines is 1. The fraction of sp³-hybridized carbons (Fsp3) is 0.385. The molecule has 9 heteroatoms. The Hall–Kier alpha value is -3.01. The third-order valence-electron chi connectivity index (χ3n) is 6.41. The molecule has 35 heavy (non-hydrogen) atoms. The number of para-hydroxylation sites is 1. The van der Waals surface area contributed by atoms with Crippen molar-refractivity contribution in [2.45, 2.75) is 50.5 Å². The average molecular weight is 491 g/mol. The number of ether oxygens (including phenoxy) is 1. The number of amides is 1. The molecule has 182 valence electrons. The van der Waals surface area contributed by atoms with Gasteiger partial charge in [0, 0.05) is 24.8 Å². The fourth-order valence-electron chi connectivity index (χ4n) is 4.71. The molecule has 3 aromatic rings. The molecule has 1 aromatic heterocycles. The summed E-state index contributed by atoms with van der Waals surface area (Å²) >= 11 is 1.59. The largest absolute Gasteiger partial charge is 0.451 e. The van der Waals surface area contributed by atoms with Crippen LogP contribution >= 0.6 is 11.8 Å². The Bertz CT molecular complexity index is 1180. The van der Waals surface area contributed by atoms with Crippen LogP contribution in [0.15, 0.2) is 59.8 Å². The van der Waals surface area contributed by atoms with Crippen LogP contribution in [0.25, 0.3) is 11.3 Å². The van der Waals surface area contributed by atoms with Gasteiger partial charge in [-0.3, -0.25) is 15.1 Å². The highest BCUT2D eigenvalue weighted by Crippen LogP contribution is 2.43. The summed E-state index contributed by atoms with van der Waals surface area (Å²) in [6.45, 7) is 4.39. The van der Waals surface area contributed by atoms with Gasteiger partial charge in [0.15, 0.2) is 11.9 Å². The normalized spacial score (nSPS) is 21.1. The van der Waals surface area contributed by atoms with Crippen molar-refractivity contribution in [1.82, 2.24) is 26.0 Å². The zero-order valence-electron chi connectivity index (χ0n) is 20.0. The minimum absolute atomic E-state index is 0.0468. The summed E-state index contributed by atoms with van der Waals surface area (Å²) in [6.07, 6.45) is 2.85. The molecule has 0 spiro atoms. The van der Waals surface area contributed by atoms with Crippen molar-refractivity contribution in [2.75, 3.05) is 17.2 Å². The van der Waals surface area contributed by atoms with Crippen molar-refractivity contribution in [2.24, 2.45) is 5.92 Å². The van der Waals surface area contributed by atoms with E-state index < -0.39 is 6.23 Å². The molecule has 1 amide bonds. The van der Waals surface area contributed by atoms with Crippen LogP contribution in [0.4, 0.5) is 5.69 Å². The number of carbonyl (C=O) groups is 1. The Labute approximate surface area is 209 Å². The molecular weight excluding hydrogens is 460 g/mol. The summed E-state index contributed by atoms with van der Waals surface area (Å²) < 4.78 is 6.62. The summed E-state index contributed by atoms with van der Waals surface area (Å²) in [4.78, 5) is 19.6. The summed E-state index contributed by atoms with van der Waals surface area (Å²) in [6, 6.07) is 17.9. The van der Waals surface area contributed by atoms with Crippen LogP contribution in [0, 0.1) is 5.92 Å². The number of fused-ring (bicyclic) bond motifs is 3. The van der Waals surface area contributed by atoms with E-state index in [1.54, 1.807) is 23.6 Å². The van der Waals surface area contributed by atoms with Gasteiger partial charge in [-0.25, -0.2) is 5.43 Å². The molecule has 0 saturated carbocycles. The number of carbonyl (C=O) groups excluding carboxylic acids is 1. The summed E-state index contributed by atoms with van der Waals surface area (Å²) in [7, 11) is 0. The van der Waals surface area contributed by atoms with Gasteiger partial charge in [0.1, 0.15) is 0 Å². The molecule has 3 atom stereocenters. The van der Waals surface area contributed by atoms with Gasteiger partial charge in [0.2, 0.25) is 16.9 Å². The van der Waals surface area contributed by atoms with Crippen LogP contribution < -0.4 is 20.5 Å². The molecule has 0 radical (unpaired) electrons. The van der Waals surface area contributed by atoms with E-state index in [0.717, 1.165) is 29.0 Å². The highest BCUT2D eigenvalue weighted by atomic mass is 32.2. The number of rotatable bonds is 7. The number of benzene rings is 2. The van der Waals surface area contributed by atoms with Crippen LogP contribution in [-0.4, -0.2) is 39.6 Å². The molecular formula is C26H30N6O2S. The topological polar surface area (TPSA) is 92.3 Å². The molecule has 3 heterocycles. The van der Waals surface area contributed by atoms with Gasteiger partial charge < -0.3 is 4.74 Å². The Kier molecular flexibility index (Phi) is 7.26. The number of hydrogen-bond donors (Lipinski definition) is 2.